The van der Waals surface area contributed by atoms with Crippen LogP contribution >= 0.6 is 22.9 Å². The summed E-state index contributed by atoms with van der Waals surface area (Å²) in [7, 11) is -3.57. The molecule has 0 fully saturated rings. The maximum absolute atomic E-state index is 12.1. The maximum atomic E-state index is 12.1. The molecule has 8 heteroatoms. The highest BCUT2D eigenvalue weighted by molar-refractivity contribution is 7.91. The molecule has 1 N–H and O–H groups in total. The fourth-order valence-corrected chi connectivity index (χ4v) is 4.29. The summed E-state index contributed by atoms with van der Waals surface area (Å²) >= 11 is 6.76. The second-order valence-corrected chi connectivity index (χ2v) is 7.94. The lowest BCUT2D eigenvalue weighted by atomic mass is 10.3. The summed E-state index contributed by atoms with van der Waals surface area (Å²) in [6, 6.07) is 10.4. The first-order chi connectivity index (χ1) is 10.0. The molecule has 0 saturated heterocycles. The number of rotatable bonds is 4. The van der Waals surface area contributed by atoms with Crippen LogP contribution < -0.4 is 4.72 Å². The highest BCUT2D eigenvalue weighted by Crippen LogP contribution is 2.25. The first kappa shape index (κ1) is 14.4. The molecule has 0 atom stereocenters. The van der Waals surface area contributed by atoms with Crippen molar-refractivity contribution < 1.29 is 8.42 Å². The lowest BCUT2D eigenvalue weighted by Crippen LogP contribution is -2.23. The monoisotopic (exact) mass is 339 g/mol. The van der Waals surface area contributed by atoms with E-state index in [1.54, 1.807) is 12.3 Å². The molecule has 3 aromatic rings. The molecule has 0 aliphatic heterocycles. The van der Waals surface area contributed by atoms with Crippen LogP contribution in [0.3, 0.4) is 0 Å². The lowest BCUT2D eigenvalue weighted by Gasteiger charge is -2.05. The highest BCUT2D eigenvalue weighted by atomic mass is 35.5. The summed E-state index contributed by atoms with van der Waals surface area (Å²) in [6.45, 7) is 0.0791. The van der Waals surface area contributed by atoms with E-state index in [-0.39, 0.29) is 10.8 Å². The van der Waals surface area contributed by atoms with E-state index in [9.17, 15) is 8.42 Å². The van der Waals surface area contributed by atoms with E-state index in [0.717, 1.165) is 22.4 Å². The summed E-state index contributed by atoms with van der Waals surface area (Å²) < 4.78 is 27.3. The van der Waals surface area contributed by atoms with Gasteiger partial charge in [0.2, 0.25) is 10.0 Å². The second-order valence-electron chi connectivity index (χ2n) is 4.23. The molecule has 0 aliphatic rings. The van der Waals surface area contributed by atoms with Crippen LogP contribution in [0.15, 0.2) is 46.8 Å². The lowest BCUT2D eigenvalue weighted by molar-refractivity contribution is 0.582. The van der Waals surface area contributed by atoms with Crippen molar-refractivity contribution in [2.75, 3.05) is 0 Å². The fourth-order valence-electron chi connectivity index (χ4n) is 1.76. The molecule has 0 bridgehead atoms. The van der Waals surface area contributed by atoms with Crippen molar-refractivity contribution in [3.05, 3.63) is 52.6 Å². The van der Waals surface area contributed by atoms with Gasteiger partial charge in [0, 0.05) is 0 Å². The SMILES string of the molecule is O=S(=O)(NCc1cnc2ccccc2n1)c1ccc(Cl)s1. The average molecular weight is 340 g/mol. The van der Waals surface area contributed by atoms with Gasteiger partial charge in [0.05, 0.1) is 33.8 Å². The molecule has 0 spiro atoms. The Bertz CT molecular complexity index is 893. The van der Waals surface area contributed by atoms with E-state index in [4.69, 9.17) is 11.6 Å². The third kappa shape index (κ3) is 3.21. The van der Waals surface area contributed by atoms with Gasteiger partial charge in [0.25, 0.3) is 0 Å². The Morgan fingerprint density at radius 3 is 2.62 bits per heavy atom. The van der Waals surface area contributed by atoms with Gasteiger partial charge in [-0.1, -0.05) is 23.7 Å². The van der Waals surface area contributed by atoms with E-state index in [2.05, 4.69) is 14.7 Å². The minimum absolute atomic E-state index is 0.0791. The molecule has 108 valence electrons. The van der Waals surface area contributed by atoms with Gasteiger partial charge in [0.1, 0.15) is 4.21 Å². The Balaban J connectivity index is 1.80. The number of aromatic nitrogens is 2. The Kier molecular flexibility index (Phi) is 3.90. The molecule has 21 heavy (non-hydrogen) atoms. The standard InChI is InChI=1S/C13H10ClN3O2S2/c14-12-5-6-13(20-12)21(18,19)16-8-9-7-15-10-3-1-2-4-11(10)17-9/h1-7,16H,8H2. The number of hydrogen-bond donors (Lipinski definition) is 1. The van der Waals surface area contributed by atoms with E-state index in [1.807, 2.05) is 24.3 Å². The highest BCUT2D eigenvalue weighted by Gasteiger charge is 2.16. The predicted octanol–water partition coefficient (Wildman–Crippen LogP) is 2.82. The van der Waals surface area contributed by atoms with Gasteiger partial charge >= 0.3 is 0 Å². The summed E-state index contributed by atoms with van der Waals surface area (Å²) in [5, 5.41) is 0. The Morgan fingerprint density at radius 1 is 1.14 bits per heavy atom. The average Bonchev–Trinajstić information content (AvgIpc) is 2.92. The molecule has 2 heterocycles. The van der Waals surface area contributed by atoms with Crippen LogP contribution in [-0.2, 0) is 16.6 Å². The molecule has 5 nitrogen and oxygen atoms in total. The predicted molar refractivity (Wildman–Crippen MR) is 82.9 cm³/mol. The van der Waals surface area contributed by atoms with E-state index >= 15 is 0 Å². The third-order valence-corrected chi connectivity index (χ3v) is 5.88. The number of thiophene rings is 1. The molecule has 1 aromatic carbocycles. The van der Waals surface area contributed by atoms with Crippen molar-refractivity contribution >= 4 is 44.0 Å². The Labute approximate surface area is 130 Å². The minimum atomic E-state index is -3.57. The first-order valence-electron chi connectivity index (χ1n) is 6.00. The van der Waals surface area contributed by atoms with Crippen LogP contribution in [0, 0.1) is 0 Å². The van der Waals surface area contributed by atoms with Crippen LogP contribution in [-0.4, -0.2) is 18.4 Å². The number of nitrogens with one attached hydrogen (secondary N) is 1. The largest absolute Gasteiger partial charge is 0.253 e. The van der Waals surface area contributed by atoms with Crippen LogP contribution in [0.25, 0.3) is 11.0 Å². The normalized spacial score (nSPS) is 11.9. The van der Waals surface area contributed by atoms with Crippen LogP contribution in [0.2, 0.25) is 4.34 Å². The molecule has 0 amide bonds. The van der Waals surface area contributed by atoms with Crippen molar-refractivity contribution in [3.8, 4) is 0 Å². The molecule has 0 unspecified atom stereocenters. The number of sulfonamides is 1. The van der Waals surface area contributed by atoms with Gasteiger partial charge in [-0.05, 0) is 24.3 Å². The van der Waals surface area contributed by atoms with Crippen molar-refractivity contribution in [1.82, 2.24) is 14.7 Å². The zero-order chi connectivity index (χ0) is 14.9. The fraction of sp³-hybridized carbons (Fsp3) is 0.0769. The van der Waals surface area contributed by atoms with Gasteiger partial charge in [0.15, 0.2) is 0 Å². The first-order valence-corrected chi connectivity index (χ1v) is 8.68. The number of fused-ring (bicyclic) bond motifs is 1. The molecule has 0 saturated carbocycles. The summed E-state index contributed by atoms with van der Waals surface area (Å²) in [6.07, 6.45) is 1.56. The summed E-state index contributed by atoms with van der Waals surface area (Å²) in [5.74, 6) is 0. The summed E-state index contributed by atoms with van der Waals surface area (Å²) in [4.78, 5) is 8.61. The van der Waals surface area contributed by atoms with E-state index in [0.29, 0.717) is 10.0 Å². The molecule has 2 aromatic heterocycles. The molecule has 0 radical (unpaired) electrons. The van der Waals surface area contributed by atoms with Gasteiger partial charge in [-0.15, -0.1) is 11.3 Å². The van der Waals surface area contributed by atoms with Gasteiger partial charge in [-0.3, -0.25) is 4.98 Å². The molecular weight excluding hydrogens is 330 g/mol. The van der Waals surface area contributed by atoms with Crippen LogP contribution in [0.4, 0.5) is 0 Å². The minimum Gasteiger partial charge on any atom is -0.253 e. The zero-order valence-electron chi connectivity index (χ0n) is 10.7. The van der Waals surface area contributed by atoms with E-state index in [1.165, 1.54) is 6.07 Å². The Hall–Kier alpha value is -1.54. The molecule has 0 aliphatic carbocycles. The maximum Gasteiger partial charge on any atom is 0.250 e. The Morgan fingerprint density at radius 2 is 1.90 bits per heavy atom. The number of nitrogens with zero attached hydrogens (tertiary/aromatic N) is 2. The van der Waals surface area contributed by atoms with E-state index < -0.39 is 10.0 Å². The van der Waals surface area contributed by atoms with Crippen LogP contribution in [0.1, 0.15) is 5.69 Å². The number of hydrogen-bond acceptors (Lipinski definition) is 5. The number of para-hydroxylation sites is 2. The second kappa shape index (κ2) is 5.69. The van der Waals surface area contributed by atoms with Crippen molar-refractivity contribution in [2.24, 2.45) is 0 Å². The topological polar surface area (TPSA) is 72.0 Å². The van der Waals surface area contributed by atoms with Gasteiger partial charge in [-0.25, -0.2) is 18.1 Å². The van der Waals surface area contributed by atoms with Gasteiger partial charge < -0.3 is 0 Å². The quantitative estimate of drug-likeness (QED) is 0.793. The van der Waals surface area contributed by atoms with Crippen LogP contribution in [0.5, 0.6) is 0 Å². The summed E-state index contributed by atoms with van der Waals surface area (Å²) in [5.41, 5.74) is 2.06. The zero-order valence-corrected chi connectivity index (χ0v) is 13.0. The molecular formula is C13H10ClN3O2S2. The number of halogens is 1. The van der Waals surface area contributed by atoms with Crippen molar-refractivity contribution in [3.63, 3.8) is 0 Å². The molecule has 3 rings (SSSR count). The van der Waals surface area contributed by atoms with Crippen molar-refractivity contribution in [2.45, 2.75) is 10.8 Å². The van der Waals surface area contributed by atoms with Gasteiger partial charge in [-0.2, -0.15) is 0 Å². The number of benzene rings is 1. The third-order valence-electron chi connectivity index (χ3n) is 2.76. The smallest absolute Gasteiger partial charge is 0.250 e. The van der Waals surface area contributed by atoms with Crippen molar-refractivity contribution in [1.29, 1.82) is 0 Å².